The smallest absolute Gasteiger partial charge is 0.417 e. The van der Waals surface area contributed by atoms with Crippen molar-refractivity contribution in [1.82, 2.24) is 9.29 Å². The lowest BCUT2D eigenvalue weighted by atomic mass is 10.1. The van der Waals surface area contributed by atoms with E-state index in [1.54, 1.807) is 17.9 Å². The first-order valence-electron chi connectivity index (χ1n) is 9.07. The Morgan fingerprint density at radius 3 is 2.33 bits per heavy atom. The summed E-state index contributed by atoms with van der Waals surface area (Å²) in [6.45, 7) is 2.50. The molecule has 0 aliphatic carbocycles. The molecular weight excluding hydrogens is 423 g/mol. The van der Waals surface area contributed by atoms with Gasteiger partial charge in [-0.2, -0.15) is 17.5 Å². The first kappa shape index (κ1) is 22.0. The van der Waals surface area contributed by atoms with Crippen molar-refractivity contribution < 1.29 is 31.5 Å². The van der Waals surface area contributed by atoms with Crippen LogP contribution < -0.4 is 4.90 Å². The number of anilines is 1. The van der Waals surface area contributed by atoms with Crippen molar-refractivity contribution in [1.29, 1.82) is 0 Å². The normalized spacial score (nSPS) is 15.9. The van der Waals surface area contributed by atoms with Crippen LogP contribution in [-0.4, -0.2) is 55.0 Å². The number of carbonyl (C=O) groups is 1. The van der Waals surface area contributed by atoms with Gasteiger partial charge in [-0.3, -0.25) is 4.79 Å². The molecule has 1 fully saturated rings. The highest BCUT2D eigenvalue weighted by Crippen LogP contribution is 2.30. The van der Waals surface area contributed by atoms with Crippen LogP contribution in [0.2, 0.25) is 0 Å². The molecule has 162 valence electrons. The van der Waals surface area contributed by atoms with E-state index in [0.717, 1.165) is 12.3 Å². The molecule has 1 aromatic heterocycles. The van der Waals surface area contributed by atoms with E-state index in [-0.39, 0.29) is 37.5 Å². The van der Waals surface area contributed by atoms with E-state index >= 15 is 0 Å². The molecule has 30 heavy (non-hydrogen) atoms. The maximum absolute atomic E-state index is 13.0. The van der Waals surface area contributed by atoms with Crippen molar-refractivity contribution in [3.8, 4) is 0 Å². The van der Waals surface area contributed by atoms with E-state index < -0.39 is 27.7 Å². The van der Waals surface area contributed by atoms with Crippen LogP contribution in [0.5, 0.6) is 0 Å². The number of piperazine rings is 1. The van der Waals surface area contributed by atoms with E-state index in [1.807, 2.05) is 0 Å². The van der Waals surface area contributed by atoms with Crippen molar-refractivity contribution in [2.45, 2.75) is 24.4 Å². The molecule has 2 heterocycles. The number of carboxylic acids is 1. The number of hydrogen-bond donors (Lipinski definition) is 1. The molecule has 1 aromatic carbocycles. The van der Waals surface area contributed by atoms with E-state index in [1.165, 1.54) is 22.5 Å². The number of hydrogen-bond acceptors (Lipinski definition) is 5. The second-order valence-corrected chi connectivity index (χ2v) is 8.96. The van der Waals surface area contributed by atoms with Gasteiger partial charge in [-0.1, -0.05) is 6.07 Å². The van der Waals surface area contributed by atoms with Gasteiger partial charge in [0.05, 0.1) is 16.9 Å². The van der Waals surface area contributed by atoms with Crippen LogP contribution in [-0.2, 0) is 27.4 Å². The fourth-order valence-corrected chi connectivity index (χ4v) is 4.87. The van der Waals surface area contributed by atoms with Gasteiger partial charge in [0, 0.05) is 32.4 Å². The number of carboxylic acid groups (broad SMARTS) is 1. The van der Waals surface area contributed by atoms with Crippen LogP contribution in [0.4, 0.5) is 19.0 Å². The maximum atomic E-state index is 13.0. The molecule has 0 saturated carbocycles. The monoisotopic (exact) mass is 443 g/mol. The molecule has 1 aliphatic heterocycles. The third-order valence-electron chi connectivity index (χ3n) is 4.74. The summed E-state index contributed by atoms with van der Waals surface area (Å²) in [6.07, 6.45) is -3.99. The Bertz CT molecular complexity index is 1030. The standard InChI is InChI=1S/C19H20F3N3O4S/c1-13-8-14(11-18(26)27)10-16(9-13)30(28,29)25-6-4-24(5-7-25)17-3-2-15(12-23-17)19(20,21)22/h2-3,8-10,12H,4-7,11H2,1H3,(H,26,27). The van der Waals surface area contributed by atoms with Crippen LogP contribution >= 0.6 is 0 Å². The molecule has 0 atom stereocenters. The van der Waals surface area contributed by atoms with Crippen LogP contribution in [0, 0.1) is 6.92 Å². The minimum Gasteiger partial charge on any atom is -0.481 e. The molecule has 11 heteroatoms. The number of sulfonamides is 1. The second kappa shape index (κ2) is 8.23. The molecule has 1 saturated heterocycles. The van der Waals surface area contributed by atoms with Crippen molar-refractivity contribution in [3.05, 3.63) is 53.2 Å². The minimum atomic E-state index is -4.47. The summed E-state index contributed by atoms with van der Waals surface area (Å²) in [5.74, 6) is -0.707. The van der Waals surface area contributed by atoms with Crippen molar-refractivity contribution in [2.24, 2.45) is 0 Å². The number of pyridine rings is 1. The van der Waals surface area contributed by atoms with Gasteiger partial charge in [-0.15, -0.1) is 0 Å². The Morgan fingerprint density at radius 1 is 1.13 bits per heavy atom. The third kappa shape index (κ3) is 4.90. The molecule has 0 radical (unpaired) electrons. The number of rotatable bonds is 5. The van der Waals surface area contributed by atoms with Crippen LogP contribution in [0.3, 0.4) is 0 Å². The van der Waals surface area contributed by atoms with Gasteiger partial charge in [0.2, 0.25) is 10.0 Å². The summed E-state index contributed by atoms with van der Waals surface area (Å²) in [6, 6.07) is 6.69. The van der Waals surface area contributed by atoms with Gasteiger partial charge in [-0.25, -0.2) is 13.4 Å². The number of aromatic nitrogens is 1. The highest BCUT2D eigenvalue weighted by atomic mass is 32.2. The molecule has 2 aromatic rings. The molecule has 0 unspecified atom stereocenters. The number of aryl methyl sites for hydroxylation is 1. The SMILES string of the molecule is Cc1cc(CC(=O)O)cc(S(=O)(=O)N2CCN(c3ccc(C(F)(F)F)cn3)CC2)c1. The molecule has 0 spiro atoms. The van der Waals surface area contributed by atoms with Crippen LogP contribution in [0.1, 0.15) is 16.7 Å². The van der Waals surface area contributed by atoms with Gasteiger partial charge < -0.3 is 10.0 Å². The predicted molar refractivity (Wildman–Crippen MR) is 103 cm³/mol. The first-order chi connectivity index (χ1) is 14.0. The fraction of sp³-hybridized carbons (Fsp3) is 0.368. The van der Waals surface area contributed by atoms with Crippen molar-refractivity contribution in [3.63, 3.8) is 0 Å². The number of alkyl halides is 3. The Hall–Kier alpha value is -2.66. The van der Waals surface area contributed by atoms with Gasteiger partial charge in [0.15, 0.2) is 0 Å². The molecule has 1 aliphatic rings. The fourth-order valence-electron chi connectivity index (χ4n) is 3.30. The number of benzene rings is 1. The maximum Gasteiger partial charge on any atom is 0.417 e. The topological polar surface area (TPSA) is 90.8 Å². The molecule has 1 N–H and O–H groups in total. The van der Waals surface area contributed by atoms with Gasteiger partial charge in [-0.05, 0) is 42.3 Å². The summed E-state index contributed by atoms with van der Waals surface area (Å²) in [4.78, 5) is 16.6. The highest BCUT2D eigenvalue weighted by Gasteiger charge is 2.32. The minimum absolute atomic E-state index is 0.0276. The average molecular weight is 443 g/mol. The Kier molecular flexibility index (Phi) is 6.04. The lowest BCUT2D eigenvalue weighted by Crippen LogP contribution is -2.49. The quantitative estimate of drug-likeness (QED) is 0.764. The van der Waals surface area contributed by atoms with E-state index in [2.05, 4.69) is 4.98 Å². The third-order valence-corrected chi connectivity index (χ3v) is 6.62. The Morgan fingerprint density at radius 2 is 1.80 bits per heavy atom. The number of aliphatic carboxylic acids is 1. The van der Waals surface area contributed by atoms with E-state index in [9.17, 15) is 26.4 Å². The Balaban J connectivity index is 1.72. The zero-order chi connectivity index (χ0) is 22.1. The van der Waals surface area contributed by atoms with Gasteiger partial charge in [0.25, 0.3) is 0 Å². The summed E-state index contributed by atoms with van der Waals surface area (Å²) >= 11 is 0. The van der Waals surface area contributed by atoms with E-state index in [4.69, 9.17) is 5.11 Å². The largest absolute Gasteiger partial charge is 0.481 e. The van der Waals surface area contributed by atoms with Crippen molar-refractivity contribution in [2.75, 3.05) is 31.1 Å². The lowest BCUT2D eigenvalue weighted by molar-refractivity contribution is -0.138. The number of nitrogens with zero attached hydrogens (tertiary/aromatic N) is 3. The second-order valence-electron chi connectivity index (χ2n) is 7.02. The molecule has 3 rings (SSSR count). The van der Waals surface area contributed by atoms with Gasteiger partial charge >= 0.3 is 12.1 Å². The molecule has 0 amide bonds. The molecule has 0 bridgehead atoms. The summed E-state index contributed by atoms with van der Waals surface area (Å²) in [5.41, 5.74) is 0.192. The first-order valence-corrected chi connectivity index (χ1v) is 10.5. The zero-order valence-corrected chi connectivity index (χ0v) is 16.9. The zero-order valence-electron chi connectivity index (χ0n) is 16.1. The highest BCUT2D eigenvalue weighted by molar-refractivity contribution is 7.89. The van der Waals surface area contributed by atoms with Gasteiger partial charge in [0.1, 0.15) is 5.82 Å². The summed E-state index contributed by atoms with van der Waals surface area (Å²) < 4.78 is 65.3. The van der Waals surface area contributed by atoms with Crippen LogP contribution in [0.15, 0.2) is 41.4 Å². The van der Waals surface area contributed by atoms with Crippen LogP contribution in [0.25, 0.3) is 0 Å². The van der Waals surface area contributed by atoms with E-state index in [0.29, 0.717) is 16.9 Å². The predicted octanol–water partition coefficient (Wildman–Crippen LogP) is 2.55. The lowest BCUT2D eigenvalue weighted by Gasteiger charge is -2.34. The van der Waals surface area contributed by atoms with Crippen molar-refractivity contribution >= 4 is 21.8 Å². The molecule has 7 nitrogen and oxygen atoms in total. The Labute approximate surface area is 171 Å². The summed E-state index contributed by atoms with van der Waals surface area (Å²) in [7, 11) is -3.83. The molecular formula is C19H20F3N3O4S. The summed E-state index contributed by atoms with van der Waals surface area (Å²) in [5, 5.41) is 8.97. The average Bonchev–Trinajstić information content (AvgIpc) is 2.66. The number of halogens is 3.